The minimum absolute atomic E-state index is 0.0581. The maximum absolute atomic E-state index is 13.8. The van der Waals surface area contributed by atoms with Gasteiger partial charge < -0.3 is 10.6 Å². The van der Waals surface area contributed by atoms with Crippen molar-refractivity contribution in [3.8, 4) is 0 Å². The van der Waals surface area contributed by atoms with Gasteiger partial charge >= 0.3 is 0 Å². The molecule has 2 N–H and O–H groups in total. The molecule has 2 aliphatic rings. The van der Waals surface area contributed by atoms with Crippen LogP contribution >= 0.6 is 0 Å². The van der Waals surface area contributed by atoms with Crippen molar-refractivity contribution in [2.24, 2.45) is 5.92 Å². The van der Waals surface area contributed by atoms with Crippen LogP contribution in [-0.4, -0.2) is 23.4 Å². The Bertz CT molecular complexity index is 533. The van der Waals surface area contributed by atoms with E-state index in [4.69, 9.17) is 5.73 Å². The average Bonchev–Trinajstić information content (AvgIpc) is 2.51. The Hall–Kier alpha value is -1.58. The van der Waals surface area contributed by atoms with Crippen molar-refractivity contribution < 1.29 is 9.18 Å². The Morgan fingerprint density at radius 3 is 2.71 bits per heavy atom. The first kappa shape index (κ1) is 14.4. The monoisotopic (exact) mass is 290 g/mol. The first-order valence-electron chi connectivity index (χ1n) is 7.94. The molecule has 1 aliphatic heterocycles. The van der Waals surface area contributed by atoms with Crippen LogP contribution < -0.4 is 5.73 Å². The van der Waals surface area contributed by atoms with Gasteiger partial charge in [0.1, 0.15) is 5.82 Å². The third-order valence-corrected chi connectivity index (χ3v) is 5.14. The van der Waals surface area contributed by atoms with E-state index in [1.54, 1.807) is 13.0 Å². The lowest BCUT2D eigenvalue weighted by Gasteiger charge is -2.44. The van der Waals surface area contributed by atoms with E-state index in [1.165, 1.54) is 31.7 Å². The fourth-order valence-corrected chi connectivity index (χ4v) is 3.87. The number of carbonyl (C=O) groups is 1. The lowest BCUT2D eigenvalue weighted by molar-refractivity contribution is 0.0390. The standard InChI is InChI=1S/C17H23FN2O/c1-11-14(18)9-13(10-15(11)19)17(21)20-8-4-6-12-5-2-3-7-16(12)20/h9-10,12,16H,2-8,19H2,1H3. The van der Waals surface area contributed by atoms with E-state index in [2.05, 4.69) is 0 Å². The second-order valence-corrected chi connectivity index (χ2v) is 6.42. The zero-order chi connectivity index (χ0) is 15.0. The number of hydrogen-bond donors (Lipinski definition) is 1. The third kappa shape index (κ3) is 2.63. The van der Waals surface area contributed by atoms with Gasteiger partial charge in [-0.15, -0.1) is 0 Å². The number of fused-ring (bicyclic) bond motifs is 1. The van der Waals surface area contributed by atoms with E-state index in [9.17, 15) is 9.18 Å². The molecular formula is C17H23FN2O. The molecule has 21 heavy (non-hydrogen) atoms. The summed E-state index contributed by atoms with van der Waals surface area (Å²) in [6, 6.07) is 3.29. The summed E-state index contributed by atoms with van der Waals surface area (Å²) in [5, 5.41) is 0. The highest BCUT2D eigenvalue weighted by atomic mass is 19.1. The summed E-state index contributed by atoms with van der Waals surface area (Å²) in [5.74, 6) is 0.178. The van der Waals surface area contributed by atoms with Crippen molar-refractivity contribution in [3.63, 3.8) is 0 Å². The highest BCUT2D eigenvalue weighted by Crippen LogP contribution is 2.36. The predicted molar refractivity (Wildman–Crippen MR) is 81.6 cm³/mol. The first-order chi connectivity index (χ1) is 10.1. The van der Waals surface area contributed by atoms with Gasteiger partial charge in [-0.25, -0.2) is 4.39 Å². The molecule has 0 aromatic heterocycles. The van der Waals surface area contributed by atoms with Gasteiger partial charge in [-0.05, 0) is 50.7 Å². The molecule has 3 nitrogen and oxygen atoms in total. The first-order valence-corrected chi connectivity index (χ1v) is 7.94. The number of amides is 1. The van der Waals surface area contributed by atoms with E-state index in [-0.39, 0.29) is 5.91 Å². The zero-order valence-electron chi connectivity index (χ0n) is 12.6. The smallest absolute Gasteiger partial charge is 0.254 e. The maximum Gasteiger partial charge on any atom is 0.254 e. The summed E-state index contributed by atoms with van der Waals surface area (Å²) < 4.78 is 13.8. The number of anilines is 1. The molecule has 0 bridgehead atoms. The highest BCUT2D eigenvalue weighted by molar-refractivity contribution is 5.95. The molecule has 1 aliphatic carbocycles. The SMILES string of the molecule is Cc1c(N)cc(C(=O)N2CCCC3CCCCC32)cc1F. The van der Waals surface area contributed by atoms with Gasteiger partial charge in [0.15, 0.2) is 0 Å². The van der Waals surface area contributed by atoms with Gasteiger partial charge in [-0.1, -0.05) is 12.8 Å². The average molecular weight is 290 g/mol. The summed E-state index contributed by atoms with van der Waals surface area (Å²) in [5.41, 5.74) is 6.97. The number of nitrogens with two attached hydrogens (primary N) is 1. The Labute approximate surface area is 125 Å². The summed E-state index contributed by atoms with van der Waals surface area (Å²) in [7, 11) is 0. The van der Waals surface area contributed by atoms with Crippen molar-refractivity contribution in [2.75, 3.05) is 12.3 Å². The molecule has 1 aromatic carbocycles. The van der Waals surface area contributed by atoms with Crippen molar-refractivity contribution in [1.82, 2.24) is 4.90 Å². The molecule has 3 rings (SSSR count). The van der Waals surface area contributed by atoms with Crippen LogP contribution in [-0.2, 0) is 0 Å². The van der Waals surface area contributed by atoms with Crippen LogP contribution in [0.5, 0.6) is 0 Å². The van der Waals surface area contributed by atoms with Crippen LogP contribution in [0.15, 0.2) is 12.1 Å². The number of nitrogens with zero attached hydrogens (tertiary/aromatic N) is 1. The van der Waals surface area contributed by atoms with Crippen LogP contribution in [0.25, 0.3) is 0 Å². The van der Waals surface area contributed by atoms with E-state index in [1.807, 2.05) is 4.90 Å². The number of hydrogen-bond acceptors (Lipinski definition) is 2. The number of halogens is 1. The quantitative estimate of drug-likeness (QED) is 0.804. The second kappa shape index (κ2) is 5.66. The number of benzene rings is 1. The van der Waals surface area contributed by atoms with Gasteiger partial charge in [-0.3, -0.25) is 4.79 Å². The summed E-state index contributed by atoms with van der Waals surface area (Å²) in [6.07, 6.45) is 7.04. The molecule has 0 radical (unpaired) electrons. The topological polar surface area (TPSA) is 46.3 Å². The van der Waals surface area contributed by atoms with Crippen molar-refractivity contribution >= 4 is 11.6 Å². The van der Waals surface area contributed by atoms with E-state index >= 15 is 0 Å². The van der Waals surface area contributed by atoms with Crippen LogP contribution in [0.4, 0.5) is 10.1 Å². The molecule has 4 heteroatoms. The van der Waals surface area contributed by atoms with Crippen molar-refractivity contribution in [3.05, 3.63) is 29.1 Å². The van der Waals surface area contributed by atoms with E-state index in [0.29, 0.717) is 28.8 Å². The molecule has 2 atom stereocenters. The Balaban J connectivity index is 1.87. The van der Waals surface area contributed by atoms with Gasteiger partial charge in [0.05, 0.1) is 0 Å². The minimum Gasteiger partial charge on any atom is -0.398 e. The lowest BCUT2D eigenvalue weighted by atomic mass is 9.78. The Morgan fingerprint density at radius 2 is 1.95 bits per heavy atom. The molecule has 1 saturated heterocycles. The summed E-state index contributed by atoms with van der Waals surface area (Å²) >= 11 is 0. The van der Waals surface area contributed by atoms with Crippen LogP contribution in [0, 0.1) is 18.7 Å². The lowest BCUT2D eigenvalue weighted by Crippen LogP contribution is -2.49. The molecule has 0 spiro atoms. The second-order valence-electron chi connectivity index (χ2n) is 6.42. The van der Waals surface area contributed by atoms with E-state index in [0.717, 1.165) is 19.4 Å². The molecule has 114 valence electrons. The Kier molecular flexibility index (Phi) is 3.87. The van der Waals surface area contributed by atoms with Crippen molar-refractivity contribution in [2.45, 2.75) is 51.5 Å². The molecular weight excluding hydrogens is 267 g/mol. The molecule has 2 unspecified atom stereocenters. The molecule has 1 saturated carbocycles. The molecule has 2 fully saturated rings. The number of likely N-dealkylation sites (tertiary alicyclic amines) is 1. The van der Waals surface area contributed by atoms with Crippen LogP contribution in [0.2, 0.25) is 0 Å². The summed E-state index contributed by atoms with van der Waals surface area (Å²) in [4.78, 5) is 14.7. The maximum atomic E-state index is 13.8. The highest BCUT2D eigenvalue weighted by Gasteiger charge is 2.36. The fourth-order valence-electron chi connectivity index (χ4n) is 3.87. The van der Waals surface area contributed by atoms with Gasteiger partial charge in [0.2, 0.25) is 0 Å². The van der Waals surface area contributed by atoms with Gasteiger partial charge in [0.25, 0.3) is 5.91 Å². The number of carbonyl (C=O) groups excluding carboxylic acids is 1. The molecule has 1 amide bonds. The van der Waals surface area contributed by atoms with E-state index < -0.39 is 5.82 Å². The summed E-state index contributed by atoms with van der Waals surface area (Å²) in [6.45, 7) is 2.42. The normalized spacial score (nSPS) is 25.5. The Morgan fingerprint density at radius 1 is 1.24 bits per heavy atom. The number of rotatable bonds is 1. The largest absolute Gasteiger partial charge is 0.398 e. The molecule has 1 aromatic rings. The fraction of sp³-hybridized carbons (Fsp3) is 0.588. The van der Waals surface area contributed by atoms with Crippen LogP contribution in [0.1, 0.15) is 54.4 Å². The van der Waals surface area contributed by atoms with Gasteiger partial charge in [-0.2, -0.15) is 0 Å². The molecule has 1 heterocycles. The number of nitrogen functional groups attached to an aromatic ring is 1. The van der Waals surface area contributed by atoms with Crippen molar-refractivity contribution in [1.29, 1.82) is 0 Å². The predicted octanol–water partition coefficient (Wildman–Crippen LogP) is 3.51. The zero-order valence-corrected chi connectivity index (χ0v) is 12.6. The number of piperidine rings is 1. The third-order valence-electron chi connectivity index (χ3n) is 5.14. The van der Waals surface area contributed by atoms with Crippen LogP contribution in [0.3, 0.4) is 0 Å². The minimum atomic E-state index is -0.393. The van der Waals surface area contributed by atoms with Gasteiger partial charge in [0, 0.05) is 29.4 Å².